The van der Waals surface area contributed by atoms with Gasteiger partial charge in [0.05, 0.1) is 0 Å². The fraction of sp³-hybridized carbons (Fsp3) is 0.0357. The third-order valence-electron chi connectivity index (χ3n) is 11.4. The van der Waals surface area contributed by atoms with Crippen molar-refractivity contribution in [2.24, 2.45) is 5.92 Å². The molecule has 0 bridgehead atoms. The Kier molecular flexibility index (Phi) is 9.10. The second-order valence-corrected chi connectivity index (χ2v) is 14.9. The second kappa shape index (κ2) is 15.1. The summed E-state index contributed by atoms with van der Waals surface area (Å²) < 4.78 is 0. The lowest BCUT2D eigenvalue weighted by Crippen LogP contribution is -2.16. The van der Waals surface area contributed by atoms with Gasteiger partial charge in [0.2, 0.25) is 0 Å². The molecular formula is C56H41N. The van der Waals surface area contributed by atoms with E-state index in [0.717, 1.165) is 17.1 Å². The summed E-state index contributed by atoms with van der Waals surface area (Å²) in [7, 11) is 0. The van der Waals surface area contributed by atoms with E-state index in [0.29, 0.717) is 11.8 Å². The molecule has 0 radical (unpaired) electrons. The molecule has 1 heteroatoms. The van der Waals surface area contributed by atoms with Crippen LogP contribution in [0.2, 0.25) is 0 Å². The van der Waals surface area contributed by atoms with E-state index in [1.807, 2.05) is 0 Å². The Bertz CT molecular complexity index is 2770. The molecule has 0 saturated carbocycles. The van der Waals surface area contributed by atoms with E-state index in [2.05, 4.69) is 242 Å². The van der Waals surface area contributed by atoms with Gasteiger partial charge >= 0.3 is 0 Å². The van der Waals surface area contributed by atoms with E-state index in [9.17, 15) is 0 Å². The van der Waals surface area contributed by atoms with Gasteiger partial charge in [0.15, 0.2) is 0 Å². The van der Waals surface area contributed by atoms with Gasteiger partial charge in [-0.25, -0.2) is 0 Å². The standard InChI is InChI=1S/C56H41N/c1-3-26-50(27-4-1)57(51-28-5-2-6-29-51)52-30-15-24-47(38-52)45-22-13-20-43(36-45)41-18-11-17-40(34-41)42-19-12-21-44(35-42)46-23-14-25-48(37-46)56-39-49-16-7-8-31-53(49)54-32-9-10-33-55(54)56/h1-39,49,53H. The summed E-state index contributed by atoms with van der Waals surface area (Å²) in [6.45, 7) is 0. The largest absolute Gasteiger partial charge is 0.310 e. The molecule has 0 heterocycles. The number of benzene rings is 8. The van der Waals surface area contributed by atoms with E-state index in [4.69, 9.17) is 0 Å². The first kappa shape index (κ1) is 34.3. The second-order valence-electron chi connectivity index (χ2n) is 14.9. The molecule has 0 aliphatic heterocycles. The number of para-hydroxylation sites is 2. The molecular weight excluding hydrogens is 687 g/mol. The average Bonchev–Trinajstić information content (AvgIpc) is 3.30. The molecule has 2 unspecified atom stereocenters. The van der Waals surface area contributed by atoms with Gasteiger partial charge in [-0.2, -0.15) is 0 Å². The Morgan fingerprint density at radius 3 is 1.26 bits per heavy atom. The fourth-order valence-electron chi connectivity index (χ4n) is 8.59. The van der Waals surface area contributed by atoms with Gasteiger partial charge in [0.1, 0.15) is 0 Å². The van der Waals surface area contributed by atoms with Crippen LogP contribution in [-0.4, -0.2) is 0 Å². The summed E-state index contributed by atoms with van der Waals surface area (Å²) in [5.41, 5.74) is 18.3. The number of rotatable bonds is 8. The summed E-state index contributed by atoms with van der Waals surface area (Å²) in [4.78, 5) is 2.31. The first-order valence-electron chi connectivity index (χ1n) is 19.8. The van der Waals surface area contributed by atoms with E-state index in [1.165, 1.54) is 66.8 Å². The van der Waals surface area contributed by atoms with Crippen molar-refractivity contribution in [3.63, 3.8) is 0 Å². The van der Waals surface area contributed by atoms with Crippen LogP contribution in [-0.2, 0) is 0 Å². The minimum absolute atomic E-state index is 0.370. The van der Waals surface area contributed by atoms with E-state index in [-0.39, 0.29) is 0 Å². The Morgan fingerprint density at radius 1 is 0.316 bits per heavy atom. The highest BCUT2D eigenvalue weighted by atomic mass is 15.1. The number of hydrogen-bond donors (Lipinski definition) is 0. The molecule has 0 spiro atoms. The predicted molar refractivity (Wildman–Crippen MR) is 241 cm³/mol. The molecule has 0 N–H and O–H groups in total. The molecule has 0 fully saturated rings. The van der Waals surface area contributed by atoms with Crippen molar-refractivity contribution >= 4 is 22.6 Å². The molecule has 10 rings (SSSR count). The number of fused-ring (bicyclic) bond motifs is 3. The highest BCUT2D eigenvalue weighted by Gasteiger charge is 2.28. The highest BCUT2D eigenvalue weighted by molar-refractivity contribution is 5.87. The fourth-order valence-corrected chi connectivity index (χ4v) is 8.59. The topological polar surface area (TPSA) is 3.24 Å². The van der Waals surface area contributed by atoms with Gasteiger partial charge in [0.25, 0.3) is 0 Å². The first-order chi connectivity index (χ1) is 28.2. The lowest BCUT2D eigenvalue weighted by molar-refractivity contribution is 0.689. The lowest BCUT2D eigenvalue weighted by atomic mass is 9.73. The van der Waals surface area contributed by atoms with Crippen LogP contribution in [0.15, 0.2) is 237 Å². The SMILES string of the molecule is C1=CC2C=C(c3cccc(-c4cccc(-c5cccc(-c6cccc(-c7cccc(N(c8ccccc8)c8ccccc8)c7)c6)c5)c4)c3)c3ccccc3C2C=C1. The Balaban J connectivity index is 0.948. The van der Waals surface area contributed by atoms with E-state index in [1.54, 1.807) is 0 Å². The van der Waals surface area contributed by atoms with Gasteiger partial charge in [0, 0.05) is 28.9 Å². The van der Waals surface area contributed by atoms with Crippen LogP contribution >= 0.6 is 0 Å². The molecule has 8 aromatic carbocycles. The predicted octanol–water partition coefficient (Wildman–Crippen LogP) is 15.1. The first-order valence-corrected chi connectivity index (χ1v) is 19.8. The number of hydrogen-bond acceptors (Lipinski definition) is 1. The minimum atomic E-state index is 0.370. The number of anilines is 3. The minimum Gasteiger partial charge on any atom is -0.310 e. The zero-order valence-electron chi connectivity index (χ0n) is 31.6. The monoisotopic (exact) mass is 727 g/mol. The molecule has 2 aliphatic rings. The molecule has 1 nitrogen and oxygen atoms in total. The summed E-state index contributed by atoms with van der Waals surface area (Å²) in [6.07, 6.45) is 11.5. The van der Waals surface area contributed by atoms with Crippen LogP contribution in [0.25, 0.3) is 50.1 Å². The van der Waals surface area contributed by atoms with Crippen LogP contribution in [0.1, 0.15) is 22.6 Å². The van der Waals surface area contributed by atoms with Crippen molar-refractivity contribution in [1.29, 1.82) is 0 Å². The zero-order chi connectivity index (χ0) is 38.0. The maximum Gasteiger partial charge on any atom is 0.0467 e. The van der Waals surface area contributed by atoms with Crippen molar-refractivity contribution in [1.82, 2.24) is 0 Å². The van der Waals surface area contributed by atoms with Crippen molar-refractivity contribution in [2.75, 3.05) is 4.90 Å². The quantitative estimate of drug-likeness (QED) is 0.151. The highest BCUT2D eigenvalue weighted by Crippen LogP contribution is 2.44. The van der Waals surface area contributed by atoms with Crippen LogP contribution in [0.5, 0.6) is 0 Å². The molecule has 2 aliphatic carbocycles. The van der Waals surface area contributed by atoms with Crippen LogP contribution in [0, 0.1) is 5.92 Å². The normalized spacial score (nSPS) is 15.3. The molecule has 0 aromatic heterocycles. The smallest absolute Gasteiger partial charge is 0.0467 e. The molecule has 0 saturated heterocycles. The average molecular weight is 728 g/mol. The molecule has 2 atom stereocenters. The zero-order valence-corrected chi connectivity index (χ0v) is 31.6. The van der Waals surface area contributed by atoms with Crippen molar-refractivity contribution < 1.29 is 0 Å². The number of allylic oxidation sites excluding steroid dienone is 5. The van der Waals surface area contributed by atoms with E-state index < -0.39 is 0 Å². The van der Waals surface area contributed by atoms with Gasteiger partial charge in [-0.05, 0) is 127 Å². The third kappa shape index (κ3) is 6.86. The number of nitrogens with zero attached hydrogens (tertiary/aromatic N) is 1. The lowest BCUT2D eigenvalue weighted by Gasteiger charge is -2.31. The Labute approximate surface area is 335 Å². The van der Waals surface area contributed by atoms with Gasteiger partial charge in [-0.1, -0.05) is 176 Å². The Morgan fingerprint density at radius 2 is 0.719 bits per heavy atom. The summed E-state index contributed by atoms with van der Waals surface area (Å²) in [5, 5.41) is 0. The van der Waals surface area contributed by atoms with Crippen molar-refractivity contribution in [2.45, 2.75) is 5.92 Å². The molecule has 270 valence electrons. The van der Waals surface area contributed by atoms with Crippen molar-refractivity contribution in [3.8, 4) is 44.5 Å². The maximum atomic E-state index is 2.46. The van der Waals surface area contributed by atoms with Gasteiger partial charge in [-0.3, -0.25) is 0 Å². The summed E-state index contributed by atoms with van der Waals surface area (Å²) in [5.74, 6) is 0.768. The van der Waals surface area contributed by atoms with Crippen LogP contribution in [0.4, 0.5) is 17.1 Å². The van der Waals surface area contributed by atoms with E-state index >= 15 is 0 Å². The maximum absolute atomic E-state index is 2.46. The summed E-state index contributed by atoms with van der Waals surface area (Å²) in [6, 6.07) is 74.8. The molecule has 8 aromatic rings. The Hall–Kier alpha value is -7.22. The molecule has 0 amide bonds. The van der Waals surface area contributed by atoms with Gasteiger partial charge < -0.3 is 4.90 Å². The van der Waals surface area contributed by atoms with Crippen LogP contribution < -0.4 is 4.90 Å². The summed E-state index contributed by atoms with van der Waals surface area (Å²) >= 11 is 0. The van der Waals surface area contributed by atoms with Crippen molar-refractivity contribution in [3.05, 3.63) is 253 Å². The third-order valence-corrected chi connectivity index (χ3v) is 11.4. The molecule has 57 heavy (non-hydrogen) atoms. The van der Waals surface area contributed by atoms with Gasteiger partial charge in [-0.15, -0.1) is 0 Å². The van der Waals surface area contributed by atoms with Crippen LogP contribution in [0.3, 0.4) is 0 Å².